The smallest absolute Gasteiger partial charge is 0.0864 e. The van der Waals surface area contributed by atoms with Gasteiger partial charge in [-0.05, 0) is 19.8 Å². The number of aliphatic hydroxyl groups is 1. The monoisotopic (exact) mass is 172 g/mol. The van der Waals surface area contributed by atoms with Crippen molar-refractivity contribution in [3.8, 4) is 0 Å². The number of aliphatic hydroxyl groups excluding tert-OH is 1. The highest BCUT2D eigenvalue weighted by atomic mass is 16.6. The first-order valence-corrected chi connectivity index (χ1v) is 4.72. The average Bonchev–Trinajstić information content (AvgIpc) is 2.72. The molecule has 0 saturated carbocycles. The molecule has 0 unspecified atom stereocenters. The van der Waals surface area contributed by atoms with Crippen molar-refractivity contribution in [2.24, 2.45) is 0 Å². The van der Waals surface area contributed by atoms with Crippen molar-refractivity contribution in [2.45, 2.75) is 50.6 Å². The third-order valence-corrected chi connectivity index (χ3v) is 2.71. The molecule has 0 aliphatic carbocycles. The fraction of sp³-hybridized carbons (Fsp3) is 1.00. The summed E-state index contributed by atoms with van der Waals surface area (Å²) in [5.74, 6) is 0. The fourth-order valence-corrected chi connectivity index (χ4v) is 1.76. The third kappa shape index (κ3) is 1.79. The molecule has 2 aliphatic rings. The molecule has 2 rings (SSSR count). The molecule has 0 radical (unpaired) electrons. The fourth-order valence-electron chi connectivity index (χ4n) is 1.76. The van der Waals surface area contributed by atoms with Crippen molar-refractivity contribution in [1.82, 2.24) is 0 Å². The normalized spacial score (nSPS) is 47.5. The van der Waals surface area contributed by atoms with Crippen LogP contribution in [-0.4, -0.2) is 36.1 Å². The molecule has 0 aromatic rings. The van der Waals surface area contributed by atoms with E-state index in [-0.39, 0.29) is 12.2 Å². The maximum atomic E-state index is 9.55. The minimum atomic E-state index is -0.268. The summed E-state index contributed by atoms with van der Waals surface area (Å²) in [4.78, 5) is 0. The van der Waals surface area contributed by atoms with Crippen LogP contribution in [0.2, 0.25) is 0 Å². The summed E-state index contributed by atoms with van der Waals surface area (Å²) in [7, 11) is 0. The molecule has 0 spiro atoms. The quantitative estimate of drug-likeness (QED) is 0.623. The molecule has 12 heavy (non-hydrogen) atoms. The van der Waals surface area contributed by atoms with E-state index < -0.39 is 0 Å². The van der Waals surface area contributed by atoms with Crippen LogP contribution in [0.15, 0.2) is 0 Å². The van der Waals surface area contributed by atoms with Crippen molar-refractivity contribution in [1.29, 1.82) is 0 Å². The van der Waals surface area contributed by atoms with Gasteiger partial charge in [0.2, 0.25) is 0 Å². The van der Waals surface area contributed by atoms with Gasteiger partial charge in [-0.25, -0.2) is 0 Å². The Balaban J connectivity index is 1.77. The van der Waals surface area contributed by atoms with E-state index in [1.54, 1.807) is 0 Å². The van der Waals surface area contributed by atoms with E-state index in [0.717, 1.165) is 25.9 Å². The highest BCUT2D eigenvalue weighted by molar-refractivity contribution is 4.86. The van der Waals surface area contributed by atoms with E-state index in [4.69, 9.17) is 9.47 Å². The first-order valence-electron chi connectivity index (χ1n) is 4.72. The molecule has 4 atom stereocenters. The van der Waals surface area contributed by atoms with Crippen LogP contribution in [0.1, 0.15) is 26.2 Å². The van der Waals surface area contributed by atoms with Crippen molar-refractivity contribution in [3.63, 3.8) is 0 Å². The van der Waals surface area contributed by atoms with E-state index in [1.807, 2.05) is 0 Å². The zero-order chi connectivity index (χ0) is 8.55. The minimum absolute atomic E-state index is 0.0219. The molecule has 70 valence electrons. The first-order chi connectivity index (χ1) is 5.77. The van der Waals surface area contributed by atoms with Crippen LogP contribution in [0.5, 0.6) is 0 Å². The standard InChI is InChI=1S/C9H16O3/c1-6-8(12-6)5-9-7(10)3-2-4-11-9/h6-10H,2-5H2,1H3/t6-,7-,8-,9+/m1/s1. The van der Waals surface area contributed by atoms with Gasteiger partial charge in [-0.1, -0.05) is 0 Å². The Hall–Kier alpha value is -0.120. The van der Waals surface area contributed by atoms with Gasteiger partial charge in [0.25, 0.3) is 0 Å². The zero-order valence-corrected chi connectivity index (χ0v) is 7.40. The lowest BCUT2D eigenvalue weighted by atomic mass is 10.0. The summed E-state index contributed by atoms with van der Waals surface area (Å²) in [6, 6.07) is 0. The molecule has 0 aromatic carbocycles. The molecule has 0 bridgehead atoms. The van der Waals surface area contributed by atoms with Gasteiger partial charge in [-0.3, -0.25) is 0 Å². The van der Waals surface area contributed by atoms with Crippen LogP contribution < -0.4 is 0 Å². The molecular formula is C9H16O3. The SMILES string of the molecule is C[C@H]1O[C@@H]1C[C@@H]1OCCC[C@H]1O. The third-order valence-electron chi connectivity index (χ3n) is 2.71. The molecule has 2 heterocycles. The van der Waals surface area contributed by atoms with Crippen LogP contribution in [-0.2, 0) is 9.47 Å². The molecule has 3 nitrogen and oxygen atoms in total. The number of hydrogen-bond acceptors (Lipinski definition) is 3. The Morgan fingerprint density at radius 1 is 1.42 bits per heavy atom. The largest absolute Gasteiger partial charge is 0.390 e. The van der Waals surface area contributed by atoms with Crippen LogP contribution >= 0.6 is 0 Å². The molecular weight excluding hydrogens is 156 g/mol. The molecule has 0 aromatic heterocycles. The number of ether oxygens (including phenoxy) is 2. The summed E-state index contributed by atoms with van der Waals surface area (Å²) in [5.41, 5.74) is 0. The Morgan fingerprint density at radius 3 is 2.75 bits per heavy atom. The second-order valence-corrected chi connectivity index (χ2v) is 3.73. The van der Waals surface area contributed by atoms with Gasteiger partial charge >= 0.3 is 0 Å². The second-order valence-electron chi connectivity index (χ2n) is 3.73. The highest BCUT2D eigenvalue weighted by Gasteiger charge is 2.38. The number of hydrogen-bond donors (Lipinski definition) is 1. The summed E-state index contributed by atoms with van der Waals surface area (Å²) in [5, 5.41) is 9.55. The van der Waals surface area contributed by atoms with Crippen LogP contribution in [0.3, 0.4) is 0 Å². The van der Waals surface area contributed by atoms with Crippen molar-refractivity contribution < 1.29 is 14.6 Å². The lowest BCUT2D eigenvalue weighted by molar-refractivity contribution is -0.0791. The molecule has 2 saturated heterocycles. The topological polar surface area (TPSA) is 42.0 Å². The van der Waals surface area contributed by atoms with E-state index in [2.05, 4.69) is 6.92 Å². The van der Waals surface area contributed by atoms with Gasteiger partial charge in [0.15, 0.2) is 0 Å². The maximum absolute atomic E-state index is 9.55. The minimum Gasteiger partial charge on any atom is -0.390 e. The van der Waals surface area contributed by atoms with Crippen LogP contribution in [0, 0.1) is 0 Å². The number of rotatable bonds is 2. The van der Waals surface area contributed by atoms with Gasteiger partial charge in [0, 0.05) is 13.0 Å². The van der Waals surface area contributed by atoms with Gasteiger partial charge in [-0.15, -0.1) is 0 Å². The lowest BCUT2D eigenvalue weighted by Gasteiger charge is -2.27. The maximum Gasteiger partial charge on any atom is 0.0864 e. The molecule has 2 fully saturated rings. The van der Waals surface area contributed by atoms with Crippen molar-refractivity contribution in [3.05, 3.63) is 0 Å². The van der Waals surface area contributed by atoms with E-state index in [9.17, 15) is 5.11 Å². The Bertz CT molecular complexity index is 160. The summed E-state index contributed by atoms with van der Waals surface area (Å²) >= 11 is 0. The molecule has 1 N–H and O–H groups in total. The summed E-state index contributed by atoms with van der Waals surface area (Å²) < 4.78 is 10.7. The molecule has 3 heteroatoms. The lowest BCUT2D eigenvalue weighted by Crippen LogP contribution is -2.35. The van der Waals surface area contributed by atoms with Gasteiger partial charge in [0.05, 0.1) is 24.4 Å². The average molecular weight is 172 g/mol. The molecule has 2 aliphatic heterocycles. The Labute approximate surface area is 72.7 Å². The second kappa shape index (κ2) is 3.32. The zero-order valence-electron chi connectivity index (χ0n) is 7.40. The summed E-state index contributed by atoms with van der Waals surface area (Å²) in [6.07, 6.45) is 3.20. The Kier molecular flexibility index (Phi) is 2.35. The highest BCUT2D eigenvalue weighted by Crippen LogP contribution is 2.29. The summed E-state index contributed by atoms with van der Waals surface area (Å²) in [6.45, 7) is 2.85. The van der Waals surface area contributed by atoms with E-state index in [1.165, 1.54) is 0 Å². The van der Waals surface area contributed by atoms with E-state index >= 15 is 0 Å². The predicted molar refractivity (Wildman–Crippen MR) is 43.9 cm³/mol. The van der Waals surface area contributed by atoms with Crippen LogP contribution in [0.25, 0.3) is 0 Å². The van der Waals surface area contributed by atoms with E-state index in [0.29, 0.717) is 12.2 Å². The molecule has 0 amide bonds. The Morgan fingerprint density at radius 2 is 2.17 bits per heavy atom. The predicted octanol–water partition coefficient (Wildman–Crippen LogP) is 0.704. The number of epoxide rings is 1. The van der Waals surface area contributed by atoms with Crippen LogP contribution in [0.4, 0.5) is 0 Å². The van der Waals surface area contributed by atoms with Crippen molar-refractivity contribution in [2.75, 3.05) is 6.61 Å². The first kappa shape index (κ1) is 8.48. The van der Waals surface area contributed by atoms with Gasteiger partial charge in [-0.2, -0.15) is 0 Å². The van der Waals surface area contributed by atoms with Gasteiger partial charge in [0.1, 0.15) is 0 Å². The van der Waals surface area contributed by atoms with Crippen molar-refractivity contribution >= 4 is 0 Å². The van der Waals surface area contributed by atoms with Gasteiger partial charge < -0.3 is 14.6 Å².